The average Bonchev–Trinajstić information content (AvgIpc) is 3.68. The number of hydrogen-bond donors (Lipinski definition) is 3. The van der Waals surface area contributed by atoms with Gasteiger partial charge in [-0.3, -0.25) is 14.5 Å². The first-order valence-corrected chi connectivity index (χ1v) is 17.2. The third-order valence-electron chi connectivity index (χ3n) is 9.68. The fourth-order valence-corrected chi connectivity index (χ4v) is 6.67. The molecule has 252 valence electrons. The van der Waals surface area contributed by atoms with Gasteiger partial charge in [0, 0.05) is 67.4 Å². The van der Waals surface area contributed by atoms with Gasteiger partial charge in [-0.05, 0) is 92.1 Å². The van der Waals surface area contributed by atoms with Crippen LogP contribution in [-0.4, -0.2) is 80.0 Å². The molecule has 0 unspecified atom stereocenters. The number of amidine groups is 1. The molecule has 2 aliphatic heterocycles. The van der Waals surface area contributed by atoms with Crippen LogP contribution in [0.2, 0.25) is 0 Å². The number of rotatable bonds is 14. The quantitative estimate of drug-likeness (QED) is 0.218. The summed E-state index contributed by atoms with van der Waals surface area (Å²) < 4.78 is 5.42. The summed E-state index contributed by atoms with van der Waals surface area (Å²) in [6.45, 7) is 6.36. The molecule has 3 aliphatic rings. The van der Waals surface area contributed by atoms with E-state index in [9.17, 15) is 9.59 Å². The number of nitrogens with one attached hydrogen (secondary N) is 2. The second-order valence-electron chi connectivity index (χ2n) is 13.0. The van der Waals surface area contributed by atoms with Gasteiger partial charge in [-0.2, -0.15) is 5.11 Å². The minimum Gasteiger partial charge on any atom is -0.379 e. The summed E-state index contributed by atoms with van der Waals surface area (Å²) in [4.78, 5) is 38.5. The number of morpholine rings is 1. The van der Waals surface area contributed by atoms with E-state index >= 15 is 0 Å². The molecule has 6 rings (SSSR count). The number of anilines is 2. The van der Waals surface area contributed by atoms with Crippen LogP contribution in [0.25, 0.3) is 11.1 Å². The molecule has 2 fully saturated rings. The number of carbonyl (C=O) groups is 2. The molecule has 0 spiro atoms. The summed E-state index contributed by atoms with van der Waals surface area (Å²) in [5, 5.41) is 14.4. The van der Waals surface area contributed by atoms with Crippen molar-refractivity contribution in [3.8, 4) is 11.1 Å². The Morgan fingerprint density at radius 1 is 0.917 bits per heavy atom. The van der Waals surface area contributed by atoms with Crippen molar-refractivity contribution in [2.45, 2.75) is 38.5 Å². The molecule has 3 aromatic rings. The van der Waals surface area contributed by atoms with E-state index in [1.807, 2.05) is 48.7 Å². The number of ether oxygens (including phenoxy) is 1. The third kappa shape index (κ3) is 9.18. The monoisotopic (exact) mass is 650 g/mol. The van der Waals surface area contributed by atoms with Crippen molar-refractivity contribution in [2.24, 2.45) is 38.7 Å². The molecule has 1 saturated carbocycles. The van der Waals surface area contributed by atoms with E-state index in [1.165, 1.54) is 0 Å². The molecule has 1 aromatic heterocycles. The largest absolute Gasteiger partial charge is 0.379 e. The molecule has 0 radical (unpaired) electrons. The second-order valence-corrected chi connectivity index (χ2v) is 13.0. The number of benzene rings is 2. The van der Waals surface area contributed by atoms with E-state index in [4.69, 9.17) is 10.5 Å². The van der Waals surface area contributed by atoms with Crippen LogP contribution in [0.1, 0.15) is 43.2 Å². The molecular formula is C37H46N8O3. The van der Waals surface area contributed by atoms with E-state index in [0.717, 1.165) is 93.1 Å². The number of azo groups is 1. The van der Waals surface area contributed by atoms with Crippen LogP contribution < -0.4 is 16.4 Å². The Balaban J connectivity index is 1.08. The Kier molecular flexibility index (Phi) is 11.7. The van der Waals surface area contributed by atoms with Gasteiger partial charge in [-0.25, -0.2) is 9.98 Å². The highest BCUT2D eigenvalue weighted by atomic mass is 16.5. The zero-order valence-electron chi connectivity index (χ0n) is 27.5. The number of Topliss-reactive ketones (excluding diaryl/α,β-unsaturated/α-hetero) is 1. The van der Waals surface area contributed by atoms with Crippen molar-refractivity contribution >= 4 is 29.0 Å². The number of hydrogen-bond acceptors (Lipinski definition) is 10. The van der Waals surface area contributed by atoms with Gasteiger partial charge in [-0.1, -0.05) is 24.3 Å². The fraction of sp³-hybridized carbons (Fsp3) is 0.459. The minimum atomic E-state index is -0.493. The summed E-state index contributed by atoms with van der Waals surface area (Å²) in [6.07, 6.45) is 6.21. The average molecular weight is 651 g/mol. The standard InChI is InChI=1S/C37H46N8O3/c38-23-27-3-7-29(8-4-27)34(46)22-32(37(47)43-33-12-9-30(10-13-33)36-41-25-42-44-36)21-26-1-5-28(6-2-26)31-11-14-35(40-24-31)39-15-16-45-17-19-48-20-18-45/h1-2,5-6,9-14,24,27,29,32H,3-4,7-8,15-23,25,38H2,(H,39,40)(H,43,47)/t27?,29?,32-/m1/s1. The second kappa shape index (κ2) is 16.7. The number of aromatic nitrogens is 1. The molecule has 1 saturated heterocycles. The predicted octanol–water partition coefficient (Wildman–Crippen LogP) is 5.18. The molecule has 3 heterocycles. The summed E-state index contributed by atoms with van der Waals surface area (Å²) in [6, 6.07) is 19.7. The van der Waals surface area contributed by atoms with Crippen LogP contribution in [0.4, 0.5) is 11.5 Å². The number of amides is 1. The Bertz CT molecular complexity index is 1560. The van der Waals surface area contributed by atoms with Gasteiger partial charge in [-0.15, -0.1) is 5.11 Å². The lowest BCUT2D eigenvalue weighted by Crippen LogP contribution is -2.39. The van der Waals surface area contributed by atoms with E-state index in [2.05, 4.69) is 53.9 Å². The van der Waals surface area contributed by atoms with Crippen molar-refractivity contribution in [3.63, 3.8) is 0 Å². The topological polar surface area (TPSA) is 147 Å². The number of pyridine rings is 1. The normalized spacial score (nSPS) is 20.2. The first-order valence-electron chi connectivity index (χ1n) is 17.2. The molecule has 1 aliphatic carbocycles. The summed E-state index contributed by atoms with van der Waals surface area (Å²) >= 11 is 0. The molecule has 11 heteroatoms. The molecule has 1 atom stereocenters. The van der Waals surface area contributed by atoms with Gasteiger partial charge < -0.3 is 21.1 Å². The molecule has 0 bridgehead atoms. The lowest BCUT2D eigenvalue weighted by atomic mass is 9.77. The number of aliphatic imine (C=N–C) groups is 1. The highest BCUT2D eigenvalue weighted by Gasteiger charge is 2.30. The van der Waals surface area contributed by atoms with E-state index in [1.54, 1.807) is 0 Å². The van der Waals surface area contributed by atoms with Gasteiger partial charge in [0.2, 0.25) is 5.91 Å². The molecule has 2 aromatic carbocycles. The van der Waals surface area contributed by atoms with Crippen LogP contribution in [-0.2, 0) is 20.7 Å². The molecular weight excluding hydrogens is 604 g/mol. The molecule has 1 amide bonds. The van der Waals surface area contributed by atoms with Gasteiger partial charge in [0.15, 0.2) is 12.5 Å². The van der Waals surface area contributed by atoms with Gasteiger partial charge in [0.1, 0.15) is 11.6 Å². The number of carbonyl (C=O) groups excluding carboxylic acids is 2. The fourth-order valence-electron chi connectivity index (χ4n) is 6.67. The smallest absolute Gasteiger partial charge is 0.228 e. The first-order chi connectivity index (χ1) is 23.5. The molecule has 48 heavy (non-hydrogen) atoms. The van der Waals surface area contributed by atoms with Crippen LogP contribution in [0, 0.1) is 17.8 Å². The lowest BCUT2D eigenvalue weighted by Gasteiger charge is -2.27. The summed E-state index contributed by atoms with van der Waals surface area (Å²) in [5.74, 6) is 1.46. The zero-order chi connectivity index (χ0) is 33.1. The maximum Gasteiger partial charge on any atom is 0.228 e. The molecule has 4 N–H and O–H groups in total. The third-order valence-corrected chi connectivity index (χ3v) is 9.68. The highest BCUT2D eigenvalue weighted by Crippen LogP contribution is 2.31. The maximum absolute atomic E-state index is 13.7. The van der Waals surface area contributed by atoms with Crippen molar-refractivity contribution < 1.29 is 14.3 Å². The Morgan fingerprint density at radius 3 is 2.31 bits per heavy atom. The van der Waals surface area contributed by atoms with Crippen LogP contribution in [0.15, 0.2) is 82.1 Å². The lowest BCUT2D eigenvalue weighted by molar-refractivity contribution is -0.129. The Hall–Kier alpha value is -4.32. The zero-order valence-corrected chi connectivity index (χ0v) is 27.5. The van der Waals surface area contributed by atoms with Gasteiger partial charge in [0.25, 0.3) is 0 Å². The Labute approximate surface area is 282 Å². The summed E-state index contributed by atoms with van der Waals surface area (Å²) in [7, 11) is 0. The van der Waals surface area contributed by atoms with Crippen LogP contribution >= 0.6 is 0 Å². The van der Waals surface area contributed by atoms with Crippen molar-refractivity contribution in [3.05, 3.63) is 78.0 Å². The van der Waals surface area contributed by atoms with E-state index < -0.39 is 5.92 Å². The predicted molar refractivity (Wildman–Crippen MR) is 188 cm³/mol. The van der Waals surface area contributed by atoms with Crippen molar-refractivity contribution in [1.82, 2.24) is 9.88 Å². The van der Waals surface area contributed by atoms with Gasteiger partial charge in [0.05, 0.1) is 13.2 Å². The minimum absolute atomic E-state index is 0.00422. The van der Waals surface area contributed by atoms with Crippen molar-refractivity contribution in [1.29, 1.82) is 0 Å². The highest BCUT2D eigenvalue weighted by molar-refractivity contribution is 6.01. The number of nitrogens with zero attached hydrogens (tertiary/aromatic N) is 5. The SMILES string of the molecule is NCC1CCC(C(=O)C[C@@H](Cc2ccc(-c3ccc(NCCN4CCOCC4)nc3)cc2)C(=O)Nc2ccc(C3=NCN=N3)cc2)CC1. The summed E-state index contributed by atoms with van der Waals surface area (Å²) in [5.41, 5.74) is 10.5. The van der Waals surface area contributed by atoms with E-state index in [0.29, 0.717) is 37.1 Å². The number of ketones is 1. The first kappa shape index (κ1) is 33.6. The van der Waals surface area contributed by atoms with Gasteiger partial charge >= 0.3 is 0 Å². The number of nitrogens with two attached hydrogens (primary N) is 1. The molecule has 11 nitrogen and oxygen atoms in total. The van der Waals surface area contributed by atoms with Crippen LogP contribution in [0.5, 0.6) is 0 Å². The van der Waals surface area contributed by atoms with E-state index in [-0.39, 0.29) is 24.0 Å². The van der Waals surface area contributed by atoms with Crippen molar-refractivity contribution in [2.75, 3.05) is 63.2 Å². The Morgan fingerprint density at radius 2 is 1.65 bits per heavy atom. The maximum atomic E-state index is 13.7. The van der Waals surface area contributed by atoms with Crippen LogP contribution in [0.3, 0.4) is 0 Å².